The summed E-state index contributed by atoms with van der Waals surface area (Å²) in [6.45, 7) is 0. The number of rotatable bonds is 3. The lowest BCUT2D eigenvalue weighted by Crippen LogP contribution is -2.19. The molecule has 0 spiro atoms. The van der Waals surface area contributed by atoms with Crippen molar-refractivity contribution in [1.82, 2.24) is 0 Å². The van der Waals surface area contributed by atoms with Gasteiger partial charge in [-0.2, -0.15) is 0 Å². The molecule has 0 fully saturated rings. The Hall–Kier alpha value is -2.93. The minimum absolute atomic E-state index is 0.276. The maximum atomic E-state index is 13.2. The van der Waals surface area contributed by atoms with Gasteiger partial charge in [0, 0.05) is 16.1 Å². The number of hydrogen-bond donors (Lipinski definition) is 3. The van der Waals surface area contributed by atoms with Crippen molar-refractivity contribution in [3.05, 3.63) is 59.2 Å². The number of thiophene rings is 1. The Labute approximate surface area is 134 Å². The van der Waals surface area contributed by atoms with Crippen LogP contribution in [0.3, 0.4) is 0 Å². The molecule has 0 radical (unpaired) electrons. The molecule has 0 saturated carbocycles. The Kier molecular flexibility index (Phi) is 3.94. The first-order valence-corrected chi connectivity index (χ1v) is 7.50. The molecule has 0 unspecified atom stereocenters. The third kappa shape index (κ3) is 3.46. The first-order chi connectivity index (χ1) is 11.0. The van der Waals surface area contributed by atoms with Crippen LogP contribution >= 0.6 is 11.3 Å². The van der Waals surface area contributed by atoms with E-state index in [1.165, 1.54) is 23.5 Å². The Bertz CT molecular complexity index is 890. The number of urea groups is 1. The van der Waals surface area contributed by atoms with Gasteiger partial charge in [-0.1, -0.05) is 0 Å². The molecule has 1 aromatic heterocycles. The van der Waals surface area contributed by atoms with E-state index in [2.05, 4.69) is 10.6 Å². The lowest BCUT2D eigenvalue weighted by atomic mass is 10.2. The second kappa shape index (κ2) is 6.05. The van der Waals surface area contributed by atoms with E-state index in [-0.39, 0.29) is 11.7 Å². The highest BCUT2D eigenvalue weighted by molar-refractivity contribution is 7.20. The van der Waals surface area contributed by atoms with Gasteiger partial charge in [0.2, 0.25) is 0 Å². The molecule has 2 aromatic carbocycles. The number of nitrogens with one attached hydrogen (secondary N) is 2. The van der Waals surface area contributed by atoms with Crippen LogP contribution in [0.5, 0.6) is 0 Å². The maximum absolute atomic E-state index is 13.2. The molecule has 3 aromatic rings. The monoisotopic (exact) mass is 329 g/mol. The van der Waals surface area contributed by atoms with Crippen molar-refractivity contribution in [2.45, 2.75) is 0 Å². The molecular weight excluding hydrogens is 317 g/mol. The van der Waals surface area contributed by atoms with Crippen molar-refractivity contribution >= 4 is 44.7 Å². The fourth-order valence-electron chi connectivity index (χ4n) is 2.10. The summed E-state index contributed by atoms with van der Waals surface area (Å²) in [6.07, 6.45) is 0. The Morgan fingerprint density at radius 1 is 0.957 bits per heavy atom. The molecule has 3 rings (SSSR count). The van der Waals surface area contributed by atoms with Gasteiger partial charge in [-0.25, -0.2) is 9.18 Å². The van der Waals surface area contributed by atoms with Gasteiger partial charge in [0.15, 0.2) is 0 Å². The highest BCUT2D eigenvalue weighted by Gasteiger charge is 2.11. The fraction of sp³-hybridized carbons (Fsp3) is 0. The van der Waals surface area contributed by atoms with Crippen LogP contribution in [-0.4, -0.2) is 11.9 Å². The van der Waals surface area contributed by atoms with Crippen LogP contribution in [-0.2, 0) is 0 Å². The number of primary amides is 1. The normalized spacial score (nSPS) is 10.5. The number of hydrogen-bond acceptors (Lipinski definition) is 3. The van der Waals surface area contributed by atoms with Crippen molar-refractivity contribution in [3.63, 3.8) is 0 Å². The molecule has 4 N–H and O–H groups in total. The summed E-state index contributed by atoms with van der Waals surface area (Å²) in [6, 6.07) is 12.0. The quantitative estimate of drug-likeness (QED) is 0.683. The van der Waals surface area contributed by atoms with E-state index >= 15 is 0 Å². The molecule has 1 heterocycles. The standard InChI is InChI=1S/C16H12FN3O2S/c17-10-1-6-13-9(7-10)8-14(23-13)15(21)19-11-2-4-12(5-3-11)20-16(18)22/h1-8H,(H,19,21)(H3,18,20,22). The van der Waals surface area contributed by atoms with E-state index < -0.39 is 6.03 Å². The molecule has 0 aliphatic heterocycles. The first kappa shape index (κ1) is 15.0. The van der Waals surface area contributed by atoms with Crippen molar-refractivity contribution in [1.29, 1.82) is 0 Å². The molecule has 7 heteroatoms. The predicted molar refractivity (Wildman–Crippen MR) is 89.4 cm³/mol. The van der Waals surface area contributed by atoms with Gasteiger partial charge in [-0.05, 0) is 53.9 Å². The number of carbonyl (C=O) groups is 2. The Morgan fingerprint density at radius 3 is 2.26 bits per heavy atom. The van der Waals surface area contributed by atoms with Crippen LogP contribution in [0.1, 0.15) is 9.67 Å². The second-order valence-corrected chi connectivity index (χ2v) is 5.90. The van der Waals surface area contributed by atoms with E-state index in [1.54, 1.807) is 36.4 Å². The van der Waals surface area contributed by atoms with Gasteiger partial charge in [0.05, 0.1) is 4.88 Å². The number of amides is 3. The van der Waals surface area contributed by atoms with Crippen molar-refractivity contribution in [3.8, 4) is 0 Å². The Morgan fingerprint density at radius 2 is 1.61 bits per heavy atom. The average molecular weight is 329 g/mol. The van der Waals surface area contributed by atoms with Crippen LogP contribution in [0.25, 0.3) is 10.1 Å². The molecule has 0 atom stereocenters. The van der Waals surface area contributed by atoms with Crippen LogP contribution in [0.15, 0.2) is 48.5 Å². The number of carbonyl (C=O) groups excluding carboxylic acids is 2. The second-order valence-electron chi connectivity index (χ2n) is 4.81. The number of benzene rings is 2. The van der Waals surface area contributed by atoms with Gasteiger partial charge < -0.3 is 16.4 Å². The summed E-state index contributed by atoms with van der Waals surface area (Å²) in [5.74, 6) is -0.609. The zero-order valence-electron chi connectivity index (χ0n) is 11.8. The van der Waals surface area contributed by atoms with Crippen molar-refractivity contribution in [2.24, 2.45) is 5.73 Å². The van der Waals surface area contributed by atoms with Crippen LogP contribution in [0, 0.1) is 5.82 Å². The maximum Gasteiger partial charge on any atom is 0.316 e. The molecule has 5 nitrogen and oxygen atoms in total. The molecule has 0 saturated heterocycles. The number of nitrogens with two attached hydrogens (primary N) is 1. The molecule has 0 aliphatic carbocycles. The summed E-state index contributed by atoms with van der Waals surface area (Å²) in [5, 5.41) is 5.88. The largest absolute Gasteiger partial charge is 0.351 e. The zero-order chi connectivity index (χ0) is 16.4. The molecule has 3 amide bonds. The lowest BCUT2D eigenvalue weighted by molar-refractivity contribution is 0.103. The van der Waals surface area contributed by atoms with E-state index in [9.17, 15) is 14.0 Å². The summed E-state index contributed by atoms with van der Waals surface area (Å²) in [5.41, 5.74) is 6.13. The summed E-state index contributed by atoms with van der Waals surface area (Å²) >= 11 is 1.29. The minimum Gasteiger partial charge on any atom is -0.351 e. The molecule has 116 valence electrons. The smallest absolute Gasteiger partial charge is 0.316 e. The highest BCUT2D eigenvalue weighted by atomic mass is 32.1. The summed E-state index contributed by atoms with van der Waals surface area (Å²) in [4.78, 5) is 23.5. The van der Waals surface area contributed by atoms with Gasteiger partial charge in [0.1, 0.15) is 5.82 Å². The third-order valence-electron chi connectivity index (χ3n) is 3.11. The first-order valence-electron chi connectivity index (χ1n) is 6.68. The summed E-state index contributed by atoms with van der Waals surface area (Å²) < 4.78 is 14.0. The zero-order valence-corrected chi connectivity index (χ0v) is 12.6. The topological polar surface area (TPSA) is 84.2 Å². The molecule has 0 bridgehead atoms. The average Bonchev–Trinajstić information content (AvgIpc) is 2.92. The van der Waals surface area contributed by atoms with E-state index in [1.807, 2.05) is 0 Å². The van der Waals surface area contributed by atoms with Gasteiger partial charge >= 0.3 is 6.03 Å². The number of anilines is 2. The highest BCUT2D eigenvalue weighted by Crippen LogP contribution is 2.27. The third-order valence-corrected chi connectivity index (χ3v) is 4.23. The SMILES string of the molecule is NC(=O)Nc1ccc(NC(=O)c2cc3cc(F)ccc3s2)cc1. The van der Waals surface area contributed by atoms with Crippen LogP contribution < -0.4 is 16.4 Å². The molecule has 0 aliphatic rings. The van der Waals surface area contributed by atoms with Crippen LogP contribution in [0.2, 0.25) is 0 Å². The fourth-order valence-corrected chi connectivity index (χ4v) is 3.04. The molecular formula is C16H12FN3O2S. The van der Waals surface area contributed by atoms with E-state index in [4.69, 9.17) is 5.73 Å². The van der Waals surface area contributed by atoms with Crippen molar-refractivity contribution in [2.75, 3.05) is 10.6 Å². The minimum atomic E-state index is -0.653. The Balaban J connectivity index is 1.76. The predicted octanol–water partition coefficient (Wildman–Crippen LogP) is 3.78. The van der Waals surface area contributed by atoms with Crippen LogP contribution in [0.4, 0.5) is 20.6 Å². The van der Waals surface area contributed by atoms with Gasteiger partial charge in [0.25, 0.3) is 5.91 Å². The number of halogens is 1. The van der Waals surface area contributed by atoms with Gasteiger partial charge in [-0.15, -0.1) is 11.3 Å². The van der Waals surface area contributed by atoms with E-state index in [0.717, 1.165) is 4.70 Å². The lowest BCUT2D eigenvalue weighted by Gasteiger charge is -2.05. The van der Waals surface area contributed by atoms with Crippen molar-refractivity contribution < 1.29 is 14.0 Å². The molecule has 23 heavy (non-hydrogen) atoms. The van der Waals surface area contributed by atoms with Gasteiger partial charge in [-0.3, -0.25) is 4.79 Å². The van der Waals surface area contributed by atoms with E-state index in [0.29, 0.717) is 21.6 Å². The summed E-state index contributed by atoms with van der Waals surface area (Å²) in [7, 11) is 0. The number of fused-ring (bicyclic) bond motifs is 1.